The molecule has 19 heavy (non-hydrogen) atoms. The maximum Gasteiger partial charge on any atom is 0.0982 e. The molecule has 0 aromatic carbocycles. The van der Waals surface area contributed by atoms with Crippen LogP contribution in [-0.4, -0.2) is 36.6 Å². The van der Waals surface area contributed by atoms with Crippen LogP contribution in [0.15, 0.2) is 5.38 Å². The fourth-order valence-electron chi connectivity index (χ4n) is 2.59. The maximum atomic E-state index is 4.78. The average Bonchev–Trinajstić information content (AvgIpc) is 2.78. The van der Waals surface area contributed by atoms with Crippen LogP contribution in [-0.2, 0) is 12.0 Å². The van der Waals surface area contributed by atoms with E-state index in [1.165, 1.54) is 43.2 Å². The van der Waals surface area contributed by atoms with Gasteiger partial charge in [0.25, 0.3) is 0 Å². The zero-order valence-electron chi connectivity index (χ0n) is 12.7. The molecule has 0 aliphatic carbocycles. The van der Waals surface area contributed by atoms with Gasteiger partial charge < -0.3 is 10.2 Å². The third-order valence-corrected chi connectivity index (χ3v) is 4.91. The third-order valence-electron chi connectivity index (χ3n) is 3.59. The molecule has 0 saturated carbocycles. The zero-order chi connectivity index (χ0) is 13.9. The molecular formula is C15H27N3S. The van der Waals surface area contributed by atoms with Crippen LogP contribution in [0, 0.1) is 5.92 Å². The minimum Gasteiger partial charge on any atom is -0.316 e. The molecule has 0 amide bonds. The molecule has 2 rings (SSSR count). The van der Waals surface area contributed by atoms with Crippen LogP contribution < -0.4 is 5.32 Å². The second-order valence-corrected chi connectivity index (χ2v) is 7.66. The van der Waals surface area contributed by atoms with Crippen molar-refractivity contribution in [3.63, 3.8) is 0 Å². The lowest BCUT2D eigenvalue weighted by Crippen LogP contribution is -2.36. The summed E-state index contributed by atoms with van der Waals surface area (Å²) in [6.07, 6.45) is 2.69. The van der Waals surface area contributed by atoms with E-state index in [2.05, 4.69) is 43.4 Å². The number of nitrogens with one attached hydrogen (secondary N) is 1. The van der Waals surface area contributed by atoms with Crippen molar-refractivity contribution in [1.29, 1.82) is 0 Å². The summed E-state index contributed by atoms with van der Waals surface area (Å²) in [5, 5.41) is 6.95. The Bertz CT molecular complexity index is 388. The first-order chi connectivity index (χ1) is 8.95. The van der Waals surface area contributed by atoms with E-state index in [9.17, 15) is 0 Å². The second kappa shape index (κ2) is 6.33. The normalized spacial score (nSPS) is 21.0. The Kier molecular flexibility index (Phi) is 4.98. The second-order valence-electron chi connectivity index (χ2n) is 6.80. The highest BCUT2D eigenvalue weighted by molar-refractivity contribution is 7.09. The molecule has 1 aliphatic heterocycles. The number of rotatable bonds is 4. The summed E-state index contributed by atoms with van der Waals surface area (Å²) in [5.74, 6) is 0.805. The molecule has 0 spiro atoms. The molecule has 1 atom stereocenters. The van der Waals surface area contributed by atoms with Gasteiger partial charge in [0.05, 0.1) is 10.7 Å². The molecule has 4 heteroatoms. The first kappa shape index (κ1) is 14.9. The molecule has 3 nitrogen and oxygen atoms in total. The molecule has 1 aromatic rings. The van der Waals surface area contributed by atoms with Crippen molar-refractivity contribution in [2.75, 3.05) is 26.7 Å². The van der Waals surface area contributed by atoms with Gasteiger partial charge in [0.15, 0.2) is 0 Å². The molecular weight excluding hydrogens is 254 g/mol. The summed E-state index contributed by atoms with van der Waals surface area (Å²) in [6.45, 7) is 11.2. The van der Waals surface area contributed by atoms with Crippen molar-refractivity contribution in [1.82, 2.24) is 15.2 Å². The van der Waals surface area contributed by atoms with E-state index in [0.29, 0.717) is 0 Å². The third kappa shape index (κ3) is 4.55. The maximum absolute atomic E-state index is 4.78. The lowest BCUT2D eigenvalue weighted by atomic mass is 9.98. The van der Waals surface area contributed by atoms with Crippen LogP contribution in [0.3, 0.4) is 0 Å². The summed E-state index contributed by atoms with van der Waals surface area (Å²) >= 11 is 1.79. The number of nitrogens with zero attached hydrogens (tertiary/aromatic N) is 2. The van der Waals surface area contributed by atoms with Crippen LogP contribution in [0.4, 0.5) is 0 Å². The SMILES string of the molecule is CN(Cc1csc(C(C)(C)C)n1)CC1CCCNC1. The van der Waals surface area contributed by atoms with Gasteiger partial charge in [0, 0.05) is 23.9 Å². The molecule has 108 valence electrons. The topological polar surface area (TPSA) is 28.2 Å². The monoisotopic (exact) mass is 281 g/mol. The van der Waals surface area contributed by atoms with Crippen LogP contribution in [0.25, 0.3) is 0 Å². The standard InChI is InChI=1S/C15H27N3S/c1-15(2,3)14-17-13(11-19-14)10-18(4)9-12-6-5-7-16-8-12/h11-12,16H,5-10H2,1-4H3. The molecule has 1 N–H and O–H groups in total. The summed E-state index contributed by atoms with van der Waals surface area (Å²) in [6, 6.07) is 0. The first-order valence-electron chi connectivity index (χ1n) is 7.29. The number of aromatic nitrogens is 1. The molecule has 0 radical (unpaired) electrons. The minimum absolute atomic E-state index is 0.175. The summed E-state index contributed by atoms with van der Waals surface area (Å²) < 4.78 is 0. The number of hydrogen-bond acceptors (Lipinski definition) is 4. The van der Waals surface area contributed by atoms with Crippen LogP contribution >= 0.6 is 11.3 Å². The fourth-order valence-corrected chi connectivity index (χ4v) is 3.48. The van der Waals surface area contributed by atoms with E-state index < -0.39 is 0 Å². The first-order valence-corrected chi connectivity index (χ1v) is 8.17. The summed E-state index contributed by atoms with van der Waals surface area (Å²) in [5.41, 5.74) is 1.40. The molecule has 1 aliphatic rings. The van der Waals surface area contributed by atoms with E-state index in [1.54, 1.807) is 11.3 Å². The fraction of sp³-hybridized carbons (Fsp3) is 0.800. The molecule has 1 aromatic heterocycles. The van der Waals surface area contributed by atoms with Gasteiger partial charge in [-0.1, -0.05) is 20.8 Å². The number of piperidine rings is 1. The van der Waals surface area contributed by atoms with Gasteiger partial charge in [-0.05, 0) is 38.9 Å². The van der Waals surface area contributed by atoms with E-state index in [1.807, 2.05) is 0 Å². The lowest BCUT2D eigenvalue weighted by molar-refractivity contribution is 0.236. The van der Waals surface area contributed by atoms with E-state index in [0.717, 1.165) is 12.5 Å². The van der Waals surface area contributed by atoms with Crippen LogP contribution in [0.5, 0.6) is 0 Å². The van der Waals surface area contributed by atoms with Crippen molar-refractivity contribution in [2.24, 2.45) is 5.92 Å². The Hall–Kier alpha value is -0.450. The Morgan fingerprint density at radius 1 is 1.47 bits per heavy atom. The van der Waals surface area contributed by atoms with Gasteiger partial charge in [-0.2, -0.15) is 0 Å². The van der Waals surface area contributed by atoms with Crippen LogP contribution in [0.1, 0.15) is 44.3 Å². The summed E-state index contributed by atoms with van der Waals surface area (Å²) in [7, 11) is 2.21. The van der Waals surface area contributed by atoms with Gasteiger partial charge in [0.1, 0.15) is 0 Å². The van der Waals surface area contributed by atoms with E-state index in [4.69, 9.17) is 4.98 Å². The van der Waals surface area contributed by atoms with Gasteiger partial charge in [-0.25, -0.2) is 4.98 Å². The van der Waals surface area contributed by atoms with Gasteiger partial charge in [0.2, 0.25) is 0 Å². The Morgan fingerprint density at radius 2 is 2.26 bits per heavy atom. The highest BCUT2D eigenvalue weighted by Crippen LogP contribution is 2.26. The largest absolute Gasteiger partial charge is 0.316 e. The number of hydrogen-bond donors (Lipinski definition) is 1. The molecule has 0 bridgehead atoms. The van der Waals surface area contributed by atoms with Gasteiger partial charge in [-0.3, -0.25) is 0 Å². The molecule has 2 heterocycles. The number of thiazole rings is 1. The van der Waals surface area contributed by atoms with Crippen molar-refractivity contribution >= 4 is 11.3 Å². The molecule has 1 saturated heterocycles. The predicted molar refractivity (Wildman–Crippen MR) is 82.7 cm³/mol. The Morgan fingerprint density at radius 3 is 2.84 bits per heavy atom. The minimum atomic E-state index is 0.175. The molecule has 1 unspecified atom stereocenters. The van der Waals surface area contributed by atoms with Crippen molar-refractivity contribution in [3.8, 4) is 0 Å². The van der Waals surface area contributed by atoms with Crippen molar-refractivity contribution < 1.29 is 0 Å². The molecule has 1 fully saturated rings. The van der Waals surface area contributed by atoms with Gasteiger partial charge in [-0.15, -0.1) is 11.3 Å². The van der Waals surface area contributed by atoms with Crippen molar-refractivity contribution in [3.05, 3.63) is 16.1 Å². The average molecular weight is 281 g/mol. The zero-order valence-corrected chi connectivity index (χ0v) is 13.5. The smallest absolute Gasteiger partial charge is 0.0982 e. The lowest BCUT2D eigenvalue weighted by Gasteiger charge is -2.27. The highest BCUT2D eigenvalue weighted by Gasteiger charge is 2.19. The quantitative estimate of drug-likeness (QED) is 0.920. The predicted octanol–water partition coefficient (Wildman–Crippen LogP) is 2.87. The Balaban J connectivity index is 1.84. The van der Waals surface area contributed by atoms with E-state index >= 15 is 0 Å². The highest BCUT2D eigenvalue weighted by atomic mass is 32.1. The van der Waals surface area contributed by atoms with Gasteiger partial charge >= 0.3 is 0 Å². The Labute approximate surface area is 121 Å². The summed E-state index contributed by atoms with van der Waals surface area (Å²) in [4.78, 5) is 7.19. The van der Waals surface area contributed by atoms with Crippen molar-refractivity contribution in [2.45, 2.75) is 45.6 Å². The van der Waals surface area contributed by atoms with Crippen LogP contribution in [0.2, 0.25) is 0 Å². The van der Waals surface area contributed by atoms with E-state index in [-0.39, 0.29) is 5.41 Å².